The lowest BCUT2D eigenvalue weighted by Crippen LogP contribution is -2.04. The third-order valence-corrected chi connectivity index (χ3v) is 4.86. The van der Waals surface area contributed by atoms with Crippen molar-refractivity contribution >= 4 is 16.7 Å². The number of nitrogens with zero attached hydrogens (tertiary/aromatic N) is 4. The second-order valence-corrected chi connectivity index (χ2v) is 6.89. The molecule has 2 heterocycles. The first-order chi connectivity index (χ1) is 15.3. The molecule has 7 nitrogen and oxygen atoms in total. The van der Waals surface area contributed by atoms with Crippen LogP contribution in [0, 0.1) is 0 Å². The van der Waals surface area contributed by atoms with Crippen molar-refractivity contribution in [3.8, 4) is 28.9 Å². The first-order valence-corrected chi connectivity index (χ1v) is 9.83. The fourth-order valence-corrected chi connectivity index (χ4v) is 3.25. The third-order valence-electron chi connectivity index (χ3n) is 4.86. The van der Waals surface area contributed by atoms with Gasteiger partial charge >= 0.3 is 0 Å². The van der Waals surface area contributed by atoms with Crippen LogP contribution in [0.2, 0.25) is 0 Å². The van der Waals surface area contributed by atoms with Gasteiger partial charge < -0.3 is 14.5 Å². The predicted molar refractivity (Wildman–Crippen MR) is 119 cm³/mol. The van der Waals surface area contributed by atoms with Crippen molar-refractivity contribution in [2.45, 2.75) is 6.54 Å². The standard InChI is InChI=1S/C24H19N5O2/c1-30-18-13-11-17(12-14-18)23-28-29-24(31-23)22-26-20-10-6-5-9-19(20)21(27-22)25-15-16-7-3-2-4-8-16/h2-14H,15H2,1H3,(H,25,26,27). The van der Waals surface area contributed by atoms with Gasteiger partial charge in [-0.15, -0.1) is 10.2 Å². The van der Waals surface area contributed by atoms with Crippen LogP contribution < -0.4 is 10.1 Å². The Kier molecular flexibility index (Phi) is 4.98. The number of fused-ring (bicyclic) bond motifs is 1. The van der Waals surface area contributed by atoms with Gasteiger partial charge in [0.15, 0.2) is 0 Å². The molecule has 0 unspecified atom stereocenters. The number of rotatable bonds is 6. The first kappa shape index (κ1) is 18.7. The maximum absolute atomic E-state index is 5.88. The van der Waals surface area contributed by atoms with Crippen LogP contribution >= 0.6 is 0 Å². The van der Waals surface area contributed by atoms with Crippen LogP contribution in [0.5, 0.6) is 5.75 Å². The van der Waals surface area contributed by atoms with Crippen molar-refractivity contribution in [2.24, 2.45) is 0 Å². The molecule has 1 N–H and O–H groups in total. The Morgan fingerprint density at radius 1 is 0.806 bits per heavy atom. The maximum Gasteiger partial charge on any atom is 0.286 e. The highest BCUT2D eigenvalue weighted by Crippen LogP contribution is 2.27. The van der Waals surface area contributed by atoms with E-state index < -0.39 is 0 Å². The molecule has 3 aromatic carbocycles. The van der Waals surface area contributed by atoms with Gasteiger partial charge in [-0.3, -0.25) is 0 Å². The average molecular weight is 409 g/mol. The lowest BCUT2D eigenvalue weighted by Gasteiger charge is -2.10. The van der Waals surface area contributed by atoms with Gasteiger partial charge in [-0.25, -0.2) is 9.97 Å². The summed E-state index contributed by atoms with van der Waals surface area (Å²) in [6.45, 7) is 0.641. The van der Waals surface area contributed by atoms with E-state index in [2.05, 4.69) is 37.6 Å². The van der Waals surface area contributed by atoms with Crippen LogP contribution in [0.3, 0.4) is 0 Å². The lowest BCUT2D eigenvalue weighted by atomic mass is 10.2. The van der Waals surface area contributed by atoms with Gasteiger partial charge in [-0.1, -0.05) is 42.5 Å². The summed E-state index contributed by atoms with van der Waals surface area (Å²) in [7, 11) is 1.63. The molecule has 0 fully saturated rings. The minimum atomic E-state index is 0.263. The van der Waals surface area contributed by atoms with Gasteiger partial charge in [0, 0.05) is 17.5 Å². The van der Waals surface area contributed by atoms with Crippen LogP contribution in [0.15, 0.2) is 83.3 Å². The lowest BCUT2D eigenvalue weighted by molar-refractivity contribution is 0.415. The number of para-hydroxylation sites is 1. The summed E-state index contributed by atoms with van der Waals surface area (Å²) in [5.74, 6) is 2.51. The summed E-state index contributed by atoms with van der Waals surface area (Å²) in [5.41, 5.74) is 2.75. The molecule has 0 spiro atoms. The Morgan fingerprint density at radius 2 is 1.55 bits per heavy atom. The van der Waals surface area contributed by atoms with Gasteiger partial charge in [0.25, 0.3) is 5.89 Å². The monoisotopic (exact) mass is 409 g/mol. The van der Waals surface area contributed by atoms with Crippen LogP contribution in [-0.2, 0) is 6.54 Å². The van der Waals surface area contributed by atoms with Crippen molar-refractivity contribution in [3.05, 3.63) is 84.4 Å². The zero-order valence-electron chi connectivity index (χ0n) is 16.8. The van der Waals surface area contributed by atoms with Crippen molar-refractivity contribution in [2.75, 3.05) is 12.4 Å². The Morgan fingerprint density at radius 3 is 2.35 bits per heavy atom. The molecule has 0 radical (unpaired) electrons. The number of hydrogen-bond acceptors (Lipinski definition) is 7. The summed E-state index contributed by atoms with van der Waals surface area (Å²) in [5, 5.41) is 12.7. The highest BCUT2D eigenvalue weighted by Gasteiger charge is 2.16. The van der Waals surface area contributed by atoms with E-state index in [4.69, 9.17) is 9.15 Å². The van der Waals surface area contributed by atoms with Gasteiger partial charge in [-0.2, -0.15) is 0 Å². The molecule has 5 rings (SSSR count). The molecule has 0 atom stereocenters. The summed E-state index contributed by atoms with van der Waals surface area (Å²) < 4.78 is 11.1. The van der Waals surface area contributed by atoms with Crippen LogP contribution in [0.1, 0.15) is 5.56 Å². The van der Waals surface area contributed by atoms with Crippen molar-refractivity contribution in [1.29, 1.82) is 0 Å². The molecule has 0 saturated heterocycles. The minimum Gasteiger partial charge on any atom is -0.497 e. The highest BCUT2D eigenvalue weighted by atomic mass is 16.5. The molecule has 0 aliphatic heterocycles. The second-order valence-electron chi connectivity index (χ2n) is 6.89. The zero-order chi connectivity index (χ0) is 21.0. The van der Waals surface area contributed by atoms with E-state index in [-0.39, 0.29) is 5.89 Å². The van der Waals surface area contributed by atoms with Gasteiger partial charge in [0.2, 0.25) is 11.7 Å². The summed E-state index contributed by atoms with van der Waals surface area (Å²) in [4.78, 5) is 9.31. The van der Waals surface area contributed by atoms with E-state index in [1.54, 1.807) is 7.11 Å². The van der Waals surface area contributed by atoms with Crippen molar-refractivity contribution < 1.29 is 9.15 Å². The normalized spacial score (nSPS) is 10.9. The quantitative estimate of drug-likeness (QED) is 0.424. The summed E-state index contributed by atoms with van der Waals surface area (Å²) in [6.07, 6.45) is 0. The number of methoxy groups -OCH3 is 1. The van der Waals surface area contributed by atoms with E-state index in [1.807, 2.05) is 66.7 Å². The Balaban J connectivity index is 1.49. The van der Waals surface area contributed by atoms with Crippen molar-refractivity contribution in [3.63, 3.8) is 0 Å². The van der Waals surface area contributed by atoms with E-state index in [0.29, 0.717) is 24.1 Å². The number of ether oxygens (including phenoxy) is 1. The zero-order valence-corrected chi connectivity index (χ0v) is 16.8. The molecule has 31 heavy (non-hydrogen) atoms. The second kappa shape index (κ2) is 8.23. The molecule has 5 aromatic rings. The SMILES string of the molecule is COc1ccc(-c2nnc(-c3nc(NCc4ccccc4)c4ccccc4n3)o2)cc1. The molecule has 152 valence electrons. The highest BCUT2D eigenvalue weighted by molar-refractivity contribution is 5.90. The largest absolute Gasteiger partial charge is 0.497 e. The van der Waals surface area contributed by atoms with E-state index >= 15 is 0 Å². The molecule has 0 bridgehead atoms. The average Bonchev–Trinajstić information content (AvgIpc) is 3.33. The van der Waals surface area contributed by atoms with E-state index in [1.165, 1.54) is 0 Å². The fraction of sp³-hybridized carbons (Fsp3) is 0.0833. The van der Waals surface area contributed by atoms with Gasteiger partial charge in [0.1, 0.15) is 11.6 Å². The number of benzene rings is 3. The molecule has 0 amide bonds. The Hall–Kier alpha value is -4.26. The Bertz CT molecular complexity index is 1320. The maximum atomic E-state index is 5.88. The third kappa shape index (κ3) is 3.93. The number of anilines is 1. The number of aromatic nitrogens is 4. The number of nitrogens with one attached hydrogen (secondary N) is 1. The first-order valence-electron chi connectivity index (χ1n) is 9.83. The molecule has 2 aromatic heterocycles. The fourth-order valence-electron chi connectivity index (χ4n) is 3.25. The summed E-state index contributed by atoms with van der Waals surface area (Å²) >= 11 is 0. The molecule has 7 heteroatoms. The topological polar surface area (TPSA) is 86.0 Å². The molecule has 0 saturated carbocycles. The minimum absolute atomic E-state index is 0.263. The van der Waals surface area contributed by atoms with E-state index in [0.717, 1.165) is 27.8 Å². The summed E-state index contributed by atoms with van der Waals surface area (Å²) in [6, 6.07) is 25.4. The number of hydrogen-bond donors (Lipinski definition) is 1. The van der Waals surface area contributed by atoms with Gasteiger partial charge in [0.05, 0.1) is 12.6 Å². The van der Waals surface area contributed by atoms with Gasteiger partial charge in [-0.05, 0) is 42.0 Å². The van der Waals surface area contributed by atoms with Crippen molar-refractivity contribution in [1.82, 2.24) is 20.2 Å². The Labute approximate surface area is 178 Å². The van der Waals surface area contributed by atoms with E-state index in [9.17, 15) is 0 Å². The van der Waals surface area contributed by atoms with Crippen LogP contribution in [-0.4, -0.2) is 27.3 Å². The van der Waals surface area contributed by atoms with Crippen LogP contribution in [0.4, 0.5) is 5.82 Å². The predicted octanol–water partition coefficient (Wildman–Crippen LogP) is 4.97. The smallest absolute Gasteiger partial charge is 0.286 e. The molecular formula is C24H19N5O2. The molecule has 0 aliphatic carbocycles. The molecular weight excluding hydrogens is 390 g/mol. The molecule has 0 aliphatic rings. The van der Waals surface area contributed by atoms with Crippen LogP contribution in [0.25, 0.3) is 34.1 Å².